The number of pyridine rings is 3. The summed E-state index contributed by atoms with van der Waals surface area (Å²) in [6.45, 7) is 0. The third-order valence-corrected chi connectivity index (χ3v) is 10.8. The van der Waals surface area contributed by atoms with Crippen molar-refractivity contribution in [2.45, 2.75) is 0 Å². The van der Waals surface area contributed by atoms with Crippen LogP contribution in [0.4, 0.5) is 0 Å². The molecule has 0 amide bonds. The van der Waals surface area contributed by atoms with Crippen LogP contribution in [0.15, 0.2) is 201 Å². The van der Waals surface area contributed by atoms with E-state index in [1.165, 1.54) is 27.4 Å². The van der Waals surface area contributed by atoms with Crippen LogP contribution < -0.4 is 0 Å². The molecule has 5 heteroatoms. The van der Waals surface area contributed by atoms with Gasteiger partial charge >= 0.3 is 0 Å². The van der Waals surface area contributed by atoms with E-state index in [1.807, 2.05) is 48.9 Å². The number of fused-ring (bicyclic) bond motifs is 6. The van der Waals surface area contributed by atoms with E-state index in [1.54, 1.807) is 0 Å². The molecule has 0 fully saturated rings. The number of benzene rings is 6. The second-order valence-electron chi connectivity index (χ2n) is 14.1. The Morgan fingerprint density at radius 2 is 0.982 bits per heavy atom. The van der Waals surface area contributed by atoms with E-state index in [2.05, 4.69) is 161 Å². The van der Waals surface area contributed by atoms with Crippen molar-refractivity contribution < 1.29 is 0 Å². The van der Waals surface area contributed by atoms with E-state index < -0.39 is 0 Å². The van der Waals surface area contributed by atoms with E-state index in [0.29, 0.717) is 0 Å². The van der Waals surface area contributed by atoms with Crippen molar-refractivity contribution in [3.05, 3.63) is 201 Å². The first kappa shape index (κ1) is 31.9. The smallest absolute Gasteiger partial charge is 0.0963 e. The third kappa shape index (κ3) is 5.21. The molecule has 0 aliphatic heterocycles. The van der Waals surface area contributed by atoms with E-state index >= 15 is 0 Å². The van der Waals surface area contributed by atoms with Gasteiger partial charge in [-0.25, -0.2) is 0 Å². The number of aromatic nitrogens is 5. The highest BCUT2D eigenvalue weighted by atomic mass is 15.0. The van der Waals surface area contributed by atoms with Crippen LogP contribution in [0, 0.1) is 0 Å². The fourth-order valence-corrected chi connectivity index (χ4v) is 8.36. The quantitative estimate of drug-likeness (QED) is 0.172. The Hall–Kier alpha value is -7.63. The molecule has 11 rings (SSSR count). The molecule has 0 spiro atoms. The summed E-state index contributed by atoms with van der Waals surface area (Å²) in [5.41, 5.74) is 16.2. The van der Waals surface area contributed by atoms with Gasteiger partial charge in [-0.05, 0) is 114 Å². The molecule has 0 unspecified atom stereocenters. The highest BCUT2D eigenvalue weighted by Gasteiger charge is 2.19. The molecule has 0 saturated heterocycles. The first-order valence-corrected chi connectivity index (χ1v) is 18.8. The minimum Gasteiger partial charge on any atom is -0.309 e. The molecule has 0 aliphatic rings. The second kappa shape index (κ2) is 13.0. The number of hydrogen-bond donors (Lipinski definition) is 0. The van der Waals surface area contributed by atoms with Gasteiger partial charge in [-0.1, -0.05) is 84.9 Å². The zero-order valence-corrected chi connectivity index (χ0v) is 30.3. The van der Waals surface area contributed by atoms with E-state index in [0.717, 1.165) is 72.5 Å². The van der Waals surface area contributed by atoms with E-state index in [-0.39, 0.29) is 0 Å². The molecule has 0 saturated carbocycles. The molecular formula is C51H33N5. The van der Waals surface area contributed by atoms with Gasteiger partial charge in [-0.15, -0.1) is 0 Å². The van der Waals surface area contributed by atoms with Crippen LogP contribution in [-0.4, -0.2) is 24.1 Å². The molecule has 6 aromatic carbocycles. The first-order valence-electron chi connectivity index (χ1n) is 18.8. The number of hydrogen-bond acceptors (Lipinski definition) is 3. The Bertz CT molecular complexity index is 3180. The van der Waals surface area contributed by atoms with E-state index in [4.69, 9.17) is 15.0 Å². The second-order valence-corrected chi connectivity index (χ2v) is 14.1. The van der Waals surface area contributed by atoms with Gasteiger partial charge in [0.25, 0.3) is 0 Å². The Kier molecular flexibility index (Phi) is 7.42. The van der Waals surface area contributed by atoms with Gasteiger partial charge in [0.05, 0.1) is 39.0 Å². The summed E-state index contributed by atoms with van der Waals surface area (Å²) in [6.07, 6.45) is 5.57. The van der Waals surface area contributed by atoms with Gasteiger partial charge < -0.3 is 9.13 Å². The van der Waals surface area contributed by atoms with E-state index in [9.17, 15) is 0 Å². The van der Waals surface area contributed by atoms with Gasteiger partial charge in [0.1, 0.15) is 0 Å². The fourth-order valence-electron chi connectivity index (χ4n) is 8.36. The summed E-state index contributed by atoms with van der Waals surface area (Å²) < 4.78 is 4.77. The minimum absolute atomic E-state index is 0.921. The number of rotatable bonds is 6. The Labute approximate surface area is 323 Å². The van der Waals surface area contributed by atoms with Gasteiger partial charge in [0.2, 0.25) is 0 Å². The normalized spacial score (nSPS) is 11.6. The molecule has 56 heavy (non-hydrogen) atoms. The van der Waals surface area contributed by atoms with Crippen LogP contribution in [0.5, 0.6) is 0 Å². The number of nitrogens with zero attached hydrogens (tertiary/aromatic N) is 5. The molecule has 5 heterocycles. The van der Waals surface area contributed by atoms with Crippen molar-refractivity contribution in [1.29, 1.82) is 0 Å². The lowest BCUT2D eigenvalue weighted by Gasteiger charge is -2.14. The summed E-state index contributed by atoms with van der Waals surface area (Å²) in [6, 6.07) is 64.6. The molecule has 5 nitrogen and oxygen atoms in total. The monoisotopic (exact) mass is 715 g/mol. The standard InChI is InChI=1S/C51H33N5/c1-2-14-39(15-3-1)56-47-22-5-4-17-42(47)43-19-11-18-41(51(43)56)35-24-25-44-49(33-35)55(48-23-12-28-54-50(44)48)40-16-10-13-34(32-40)36-29-37(45-20-6-8-26-52-45)31-38(30-36)46-21-7-9-27-53-46/h1-33H. The average Bonchev–Trinajstić information content (AvgIpc) is 3.80. The molecule has 0 N–H and O–H groups in total. The summed E-state index contributed by atoms with van der Waals surface area (Å²) >= 11 is 0. The molecule has 0 bridgehead atoms. The Morgan fingerprint density at radius 1 is 0.321 bits per heavy atom. The topological polar surface area (TPSA) is 48.5 Å². The Balaban J connectivity index is 1.12. The van der Waals surface area contributed by atoms with Gasteiger partial charge in [-0.2, -0.15) is 0 Å². The predicted molar refractivity (Wildman–Crippen MR) is 230 cm³/mol. The maximum atomic E-state index is 4.92. The SMILES string of the molecule is c1ccc(-n2c3ccccc3c3cccc(-c4ccc5c6ncccc6n(-c6cccc(-c7cc(-c8ccccn8)cc(-c8ccccn8)c7)c6)c5c4)c32)cc1. The van der Waals surface area contributed by atoms with Crippen LogP contribution in [0.3, 0.4) is 0 Å². The maximum absolute atomic E-state index is 4.92. The van der Waals surface area contributed by atoms with Crippen LogP contribution in [-0.2, 0) is 0 Å². The van der Waals surface area contributed by atoms with Crippen molar-refractivity contribution in [3.63, 3.8) is 0 Å². The molecule has 0 radical (unpaired) electrons. The van der Waals surface area contributed by atoms with Gasteiger partial charge in [0, 0.05) is 62.8 Å². The number of para-hydroxylation sites is 3. The van der Waals surface area contributed by atoms with Crippen molar-refractivity contribution >= 4 is 43.7 Å². The fraction of sp³-hybridized carbons (Fsp3) is 0. The predicted octanol–water partition coefficient (Wildman–Crippen LogP) is 12.7. The zero-order chi connectivity index (χ0) is 37.0. The van der Waals surface area contributed by atoms with Gasteiger partial charge in [-0.3, -0.25) is 15.0 Å². The molecule has 262 valence electrons. The van der Waals surface area contributed by atoms with Gasteiger partial charge in [0.15, 0.2) is 0 Å². The molecule has 0 aliphatic carbocycles. The molecular weight excluding hydrogens is 683 g/mol. The average molecular weight is 716 g/mol. The van der Waals surface area contributed by atoms with Crippen molar-refractivity contribution in [2.75, 3.05) is 0 Å². The highest BCUT2D eigenvalue weighted by Crippen LogP contribution is 2.41. The Morgan fingerprint density at radius 3 is 1.77 bits per heavy atom. The zero-order valence-electron chi connectivity index (χ0n) is 30.3. The molecule has 5 aromatic heterocycles. The summed E-state index contributed by atoms with van der Waals surface area (Å²) in [4.78, 5) is 14.3. The lowest BCUT2D eigenvalue weighted by Crippen LogP contribution is -1.96. The van der Waals surface area contributed by atoms with Crippen LogP contribution in [0.2, 0.25) is 0 Å². The molecule has 0 atom stereocenters. The lowest BCUT2D eigenvalue weighted by molar-refractivity contribution is 1.17. The third-order valence-electron chi connectivity index (χ3n) is 10.8. The highest BCUT2D eigenvalue weighted by molar-refractivity contribution is 6.15. The van der Waals surface area contributed by atoms with Crippen LogP contribution in [0.25, 0.3) is 99.9 Å². The van der Waals surface area contributed by atoms with Crippen LogP contribution in [0.1, 0.15) is 0 Å². The van der Waals surface area contributed by atoms with Crippen LogP contribution >= 0.6 is 0 Å². The summed E-state index contributed by atoms with van der Waals surface area (Å²) in [5, 5.41) is 3.58. The van der Waals surface area contributed by atoms with Crippen molar-refractivity contribution in [3.8, 4) is 56.1 Å². The first-order chi connectivity index (χ1) is 27.8. The van der Waals surface area contributed by atoms with Crippen molar-refractivity contribution in [2.24, 2.45) is 0 Å². The summed E-state index contributed by atoms with van der Waals surface area (Å²) in [5.74, 6) is 0. The minimum atomic E-state index is 0.921. The maximum Gasteiger partial charge on any atom is 0.0963 e. The van der Waals surface area contributed by atoms with Crippen molar-refractivity contribution in [1.82, 2.24) is 24.1 Å². The summed E-state index contributed by atoms with van der Waals surface area (Å²) in [7, 11) is 0. The lowest BCUT2D eigenvalue weighted by atomic mass is 9.96. The largest absolute Gasteiger partial charge is 0.309 e. The molecule has 11 aromatic rings.